The van der Waals surface area contributed by atoms with Gasteiger partial charge in [-0.25, -0.2) is 0 Å². The average molecular weight is 336 g/mol. The lowest BCUT2D eigenvalue weighted by Crippen LogP contribution is -2.34. The Kier molecular flexibility index (Phi) is 4.63. The van der Waals surface area contributed by atoms with E-state index in [9.17, 15) is 9.59 Å². The number of thioether (sulfide) groups is 1. The molecule has 2 saturated heterocycles. The van der Waals surface area contributed by atoms with Crippen LogP contribution in [0, 0.1) is 0 Å². The summed E-state index contributed by atoms with van der Waals surface area (Å²) in [6.45, 7) is 2.00. The summed E-state index contributed by atoms with van der Waals surface area (Å²) in [7, 11) is 0. The fraction of sp³-hybridized carbons (Fsp3) is 0.400. The standard InChI is InChI=1S/C15H16N2O3S2/c18-13(16-6-1-2-7-16)5-8-17-14(19)12(22-15(17)21)10-11-4-3-9-20-11/h3-4,9-10H,1-2,5-8H2. The van der Waals surface area contributed by atoms with Crippen LogP contribution in [0.1, 0.15) is 25.0 Å². The van der Waals surface area contributed by atoms with E-state index in [2.05, 4.69) is 0 Å². The molecule has 1 aromatic heterocycles. The third-order valence-corrected chi connectivity index (χ3v) is 5.08. The summed E-state index contributed by atoms with van der Waals surface area (Å²) in [4.78, 5) is 28.3. The molecular formula is C15H16N2O3S2. The molecule has 22 heavy (non-hydrogen) atoms. The van der Waals surface area contributed by atoms with Crippen LogP contribution >= 0.6 is 24.0 Å². The van der Waals surface area contributed by atoms with Gasteiger partial charge in [-0.2, -0.15) is 0 Å². The zero-order valence-electron chi connectivity index (χ0n) is 12.0. The van der Waals surface area contributed by atoms with Crippen LogP contribution in [0.3, 0.4) is 0 Å². The van der Waals surface area contributed by atoms with E-state index < -0.39 is 0 Å². The molecule has 2 aliphatic heterocycles. The second kappa shape index (κ2) is 6.66. The molecule has 0 aliphatic carbocycles. The predicted molar refractivity (Wildman–Crippen MR) is 89.0 cm³/mol. The van der Waals surface area contributed by atoms with Crippen molar-refractivity contribution in [3.05, 3.63) is 29.1 Å². The van der Waals surface area contributed by atoms with Gasteiger partial charge in [-0.15, -0.1) is 0 Å². The van der Waals surface area contributed by atoms with Crippen molar-refractivity contribution in [3.63, 3.8) is 0 Å². The van der Waals surface area contributed by atoms with E-state index in [1.54, 1.807) is 24.5 Å². The van der Waals surface area contributed by atoms with Crippen molar-refractivity contribution in [3.8, 4) is 0 Å². The number of carbonyl (C=O) groups excluding carboxylic acids is 2. The van der Waals surface area contributed by atoms with Crippen LogP contribution in [0.25, 0.3) is 6.08 Å². The summed E-state index contributed by atoms with van der Waals surface area (Å²) < 4.78 is 5.71. The topological polar surface area (TPSA) is 53.8 Å². The van der Waals surface area contributed by atoms with Crippen molar-refractivity contribution in [2.45, 2.75) is 19.3 Å². The Labute approximate surface area is 138 Å². The first-order valence-corrected chi connectivity index (χ1v) is 8.44. The number of furan rings is 1. The molecule has 7 heteroatoms. The number of rotatable bonds is 4. The first-order chi connectivity index (χ1) is 10.6. The van der Waals surface area contributed by atoms with Gasteiger partial charge in [0.25, 0.3) is 5.91 Å². The summed E-state index contributed by atoms with van der Waals surface area (Å²) in [6.07, 6.45) is 5.70. The highest BCUT2D eigenvalue weighted by Gasteiger charge is 2.32. The summed E-state index contributed by atoms with van der Waals surface area (Å²) in [6, 6.07) is 3.55. The van der Waals surface area contributed by atoms with E-state index in [-0.39, 0.29) is 11.8 Å². The van der Waals surface area contributed by atoms with Crippen LogP contribution in [-0.2, 0) is 9.59 Å². The van der Waals surface area contributed by atoms with Gasteiger partial charge in [-0.1, -0.05) is 24.0 Å². The molecule has 2 aliphatic rings. The molecule has 2 amide bonds. The molecule has 1 aromatic rings. The van der Waals surface area contributed by atoms with Gasteiger partial charge in [0, 0.05) is 32.1 Å². The van der Waals surface area contributed by atoms with E-state index in [0.29, 0.717) is 28.0 Å². The highest BCUT2D eigenvalue weighted by molar-refractivity contribution is 8.26. The van der Waals surface area contributed by atoms with Crippen LogP contribution < -0.4 is 0 Å². The molecule has 5 nitrogen and oxygen atoms in total. The Morgan fingerprint density at radius 1 is 1.41 bits per heavy atom. The smallest absolute Gasteiger partial charge is 0.266 e. The zero-order valence-corrected chi connectivity index (χ0v) is 13.6. The number of nitrogens with zero attached hydrogens (tertiary/aromatic N) is 2. The number of likely N-dealkylation sites (tertiary alicyclic amines) is 1. The Morgan fingerprint density at radius 3 is 2.86 bits per heavy atom. The van der Waals surface area contributed by atoms with Crippen LogP contribution in [0.2, 0.25) is 0 Å². The number of hydrogen-bond acceptors (Lipinski definition) is 5. The van der Waals surface area contributed by atoms with Crippen molar-refractivity contribution < 1.29 is 14.0 Å². The number of hydrogen-bond donors (Lipinski definition) is 0. The molecule has 0 saturated carbocycles. The van der Waals surface area contributed by atoms with E-state index >= 15 is 0 Å². The van der Waals surface area contributed by atoms with Gasteiger partial charge in [0.05, 0.1) is 11.2 Å². The van der Waals surface area contributed by atoms with Crippen molar-refractivity contribution in [2.75, 3.05) is 19.6 Å². The van der Waals surface area contributed by atoms with Gasteiger partial charge in [-0.3, -0.25) is 14.5 Å². The highest BCUT2D eigenvalue weighted by Crippen LogP contribution is 2.32. The van der Waals surface area contributed by atoms with Gasteiger partial charge >= 0.3 is 0 Å². The van der Waals surface area contributed by atoms with Crippen LogP contribution in [0.15, 0.2) is 27.7 Å². The van der Waals surface area contributed by atoms with Crippen LogP contribution in [0.4, 0.5) is 0 Å². The molecule has 0 atom stereocenters. The van der Waals surface area contributed by atoms with E-state index in [1.807, 2.05) is 4.90 Å². The summed E-state index contributed by atoms with van der Waals surface area (Å²) in [5.74, 6) is 0.566. The van der Waals surface area contributed by atoms with Gasteiger partial charge in [0.1, 0.15) is 10.1 Å². The summed E-state index contributed by atoms with van der Waals surface area (Å²) >= 11 is 6.50. The fourth-order valence-electron chi connectivity index (χ4n) is 2.53. The zero-order chi connectivity index (χ0) is 15.5. The summed E-state index contributed by atoms with van der Waals surface area (Å²) in [5, 5.41) is 0. The quantitative estimate of drug-likeness (QED) is 0.625. The number of thiocarbonyl (C=S) groups is 1. The predicted octanol–water partition coefficient (Wildman–Crippen LogP) is 2.49. The van der Waals surface area contributed by atoms with Gasteiger partial charge in [0.2, 0.25) is 5.91 Å². The largest absolute Gasteiger partial charge is 0.465 e. The maximum Gasteiger partial charge on any atom is 0.266 e. The second-order valence-corrected chi connectivity index (χ2v) is 6.86. The minimum atomic E-state index is -0.152. The Hall–Kier alpha value is -1.60. The van der Waals surface area contributed by atoms with Gasteiger partial charge < -0.3 is 9.32 Å². The van der Waals surface area contributed by atoms with Gasteiger partial charge in [0.15, 0.2) is 0 Å². The van der Waals surface area contributed by atoms with Gasteiger partial charge in [-0.05, 0) is 25.0 Å². The monoisotopic (exact) mass is 336 g/mol. The third kappa shape index (κ3) is 3.25. The first kappa shape index (κ1) is 15.3. The molecule has 3 rings (SSSR count). The fourth-order valence-corrected chi connectivity index (χ4v) is 3.82. The molecule has 2 fully saturated rings. The SMILES string of the molecule is O=C(CCN1C(=O)C(=Cc2ccco2)SC1=S)N1CCCC1. The normalized spacial score (nSPS) is 20.5. The van der Waals surface area contributed by atoms with E-state index in [1.165, 1.54) is 16.7 Å². The summed E-state index contributed by atoms with van der Waals surface area (Å²) in [5.41, 5.74) is 0. The first-order valence-electron chi connectivity index (χ1n) is 7.22. The molecule has 0 unspecified atom stereocenters. The van der Waals surface area contributed by atoms with Crippen molar-refractivity contribution in [1.29, 1.82) is 0 Å². The molecule has 0 bridgehead atoms. The lowest BCUT2D eigenvalue weighted by Gasteiger charge is -2.18. The minimum Gasteiger partial charge on any atom is -0.465 e. The van der Waals surface area contributed by atoms with E-state index in [4.69, 9.17) is 16.6 Å². The molecule has 116 valence electrons. The lowest BCUT2D eigenvalue weighted by molar-refractivity contribution is -0.130. The van der Waals surface area contributed by atoms with Crippen molar-refractivity contribution in [2.24, 2.45) is 0 Å². The molecule has 0 radical (unpaired) electrons. The Bertz CT molecular complexity index is 619. The Balaban J connectivity index is 1.61. The van der Waals surface area contributed by atoms with Crippen LogP contribution in [-0.4, -0.2) is 45.6 Å². The third-order valence-electron chi connectivity index (χ3n) is 3.70. The highest BCUT2D eigenvalue weighted by atomic mass is 32.2. The van der Waals surface area contributed by atoms with E-state index in [0.717, 1.165) is 25.9 Å². The Morgan fingerprint density at radius 2 is 2.18 bits per heavy atom. The maximum absolute atomic E-state index is 12.4. The number of carbonyl (C=O) groups is 2. The molecule has 3 heterocycles. The molecular weight excluding hydrogens is 320 g/mol. The van der Waals surface area contributed by atoms with Crippen LogP contribution in [0.5, 0.6) is 0 Å². The maximum atomic E-state index is 12.4. The lowest BCUT2D eigenvalue weighted by atomic mass is 10.3. The average Bonchev–Trinajstić information content (AvgIpc) is 3.22. The molecule has 0 aromatic carbocycles. The molecule has 0 N–H and O–H groups in total. The second-order valence-electron chi connectivity index (χ2n) is 5.19. The molecule has 0 spiro atoms. The van der Waals surface area contributed by atoms with Crippen molar-refractivity contribution >= 4 is 46.2 Å². The minimum absolute atomic E-state index is 0.0987. The number of amides is 2. The van der Waals surface area contributed by atoms with Crippen molar-refractivity contribution in [1.82, 2.24) is 9.80 Å².